The van der Waals surface area contributed by atoms with Crippen molar-refractivity contribution in [2.24, 2.45) is 17.3 Å². The van der Waals surface area contributed by atoms with Crippen LogP contribution in [-0.4, -0.2) is 17.3 Å². The van der Waals surface area contributed by atoms with Gasteiger partial charge < -0.3 is 5.32 Å². The molecular weight excluding hydrogens is 242 g/mol. The summed E-state index contributed by atoms with van der Waals surface area (Å²) in [6.45, 7) is 5.11. The Morgan fingerprint density at radius 1 is 1.57 bits per heavy atom. The van der Waals surface area contributed by atoms with Crippen LogP contribution in [0.25, 0.3) is 0 Å². The first-order valence-electron chi connectivity index (χ1n) is 5.42. The lowest BCUT2D eigenvalue weighted by Gasteiger charge is -2.10. The fourth-order valence-electron chi connectivity index (χ4n) is 1.86. The van der Waals surface area contributed by atoms with Crippen LogP contribution in [0, 0.1) is 17.3 Å². The summed E-state index contributed by atoms with van der Waals surface area (Å²) in [5, 5.41) is 3.04. The van der Waals surface area contributed by atoms with E-state index in [-0.39, 0.29) is 17.2 Å². The van der Waals surface area contributed by atoms with Gasteiger partial charge in [0.05, 0.1) is 0 Å². The number of carbonyl (C=O) groups is 1. The summed E-state index contributed by atoms with van der Waals surface area (Å²) in [7, 11) is 0. The second-order valence-corrected chi connectivity index (χ2v) is 6.52. The molecule has 1 N–H and O–H groups in total. The highest BCUT2D eigenvalue weighted by Crippen LogP contribution is 2.51. The highest BCUT2D eigenvalue weighted by Gasteiger charge is 2.50. The average Bonchev–Trinajstić information content (AvgIpc) is 2.96. The zero-order chi connectivity index (χ0) is 10.3. The fourth-order valence-corrected chi connectivity index (χ4v) is 2.55. The van der Waals surface area contributed by atoms with Crippen molar-refractivity contribution >= 4 is 21.8 Å². The predicted molar refractivity (Wildman–Crippen MR) is 60.3 cm³/mol. The summed E-state index contributed by atoms with van der Waals surface area (Å²) in [4.78, 5) is 12.1. The smallest absolute Gasteiger partial charge is 0.223 e. The third-order valence-electron chi connectivity index (χ3n) is 3.43. The molecule has 2 atom stereocenters. The molecule has 2 fully saturated rings. The largest absolute Gasteiger partial charge is 0.355 e. The Labute approximate surface area is 94.0 Å². The number of amides is 1. The Balaban J connectivity index is 1.68. The molecule has 14 heavy (non-hydrogen) atoms. The molecular formula is C11H18BrNO. The number of hydrogen-bond donors (Lipinski definition) is 1. The van der Waals surface area contributed by atoms with Gasteiger partial charge >= 0.3 is 0 Å². The summed E-state index contributed by atoms with van der Waals surface area (Å²) in [5.74, 6) is 1.32. The lowest BCUT2D eigenvalue weighted by molar-refractivity contribution is -0.122. The molecule has 2 saturated carbocycles. The molecule has 0 aromatic rings. The van der Waals surface area contributed by atoms with E-state index in [9.17, 15) is 4.79 Å². The molecule has 0 spiro atoms. The van der Waals surface area contributed by atoms with Gasteiger partial charge in [-0.25, -0.2) is 0 Å². The SMILES string of the molecule is CC1(C)CC1C(=O)NCC(Br)C1CC1. The van der Waals surface area contributed by atoms with Crippen LogP contribution in [0.1, 0.15) is 33.1 Å². The summed E-state index contributed by atoms with van der Waals surface area (Å²) < 4.78 is 0. The summed E-state index contributed by atoms with van der Waals surface area (Å²) in [6, 6.07) is 0. The van der Waals surface area contributed by atoms with Gasteiger partial charge in [-0.2, -0.15) is 0 Å². The Kier molecular flexibility index (Phi) is 2.63. The molecule has 2 rings (SSSR count). The molecule has 0 saturated heterocycles. The van der Waals surface area contributed by atoms with Crippen molar-refractivity contribution in [1.29, 1.82) is 0 Å². The van der Waals surface area contributed by atoms with E-state index in [2.05, 4.69) is 35.1 Å². The van der Waals surface area contributed by atoms with Gasteiger partial charge in [0.15, 0.2) is 0 Å². The van der Waals surface area contributed by atoms with Crippen molar-refractivity contribution in [3.8, 4) is 0 Å². The lowest BCUT2D eigenvalue weighted by Crippen LogP contribution is -2.32. The maximum atomic E-state index is 11.6. The molecule has 0 radical (unpaired) electrons. The van der Waals surface area contributed by atoms with Crippen LogP contribution in [0.5, 0.6) is 0 Å². The molecule has 2 unspecified atom stereocenters. The molecule has 80 valence electrons. The van der Waals surface area contributed by atoms with Gasteiger partial charge in [0.1, 0.15) is 0 Å². The molecule has 1 amide bonds. The van der Waals surface area contributed by atoms with E-state index < -0.39 is 0 Å². The van der Waals surface area contributed by atoms with Crippen molar-refractivity contribution in [3.05, 3.63) is 0 Å². The molecule has 0 aromatic heterocycles. The van der Waals surface area contributed by atoms with Crippen LogP contribution >= 0.6 is 15.9 Å². The third-order valence-corrected chi connectivity index (χ3v) is 4.51. The Bertz CT molecular complexity index is 248. The Hall–Kier alpha value is -0.0500. The second-order valence-electron chi connectivity index (χ2n) is 5.34. The van der Waals surface area contributed by atoms with Crippen LogP contribution in [0.4, 0.5) is 0 Å². The van der Waals surface area contributed by atoms with Gasteiger partial charge in [-0.3, -0.25) is 4.79 Å². The Morgan fingerprint density at radius 3 is 2.57 bits per heavy atom. The topological polar surface area (TPSA) is 29.1 Å². The molecule has 2 aliphatic carbocycles. The molecule has 2 aliphatic rings. The van der Waals surface area contributed by atoms with Crippen LogP contribution in [0.2, 0.25) is 0 Å². The predicted octanol–water partition coefficient (Wildman–Crippen LogP) is 2.32. The number of alkyl halides is 1. The van der Waals surface area contributed by atoms with E-state index in [4.69, 9.17) is 0 Å². The van der Waals surface area contributed by atoms with Crippen LogP contribution in [0.3, 0.4) is 0 Å². The van der Waals surface area contributed by atoms with Crippen LogP contribution in [-0.2, 0) is 4.79 Å². The minimum Gasteiger partial charge on any atom is -0.355 e. The van der Waals surface area contributed by atoms with E-state index in [1.165, 1.54) is 12.8 Å². The van der Waals surface area contributed by atoms with Crippen LogP contribution < -0.4 is 5.32 Å². The lowest BCUT2D eigenvalue weighted by atomic mass is 10.1. The van der Waals surface area contributed by atoms with Gasteiger partial charge in [0, 0.05) is 17.3 Å². The molecule has 0 aliphatic heterocycles. The first kappa shape index (κ1) is 10.5. The van der Waals surface area contributed by atoms with Gasteiger partial charge in [0.2, 0.25) is 5.91 Å². The highest BCUT2D eigenvalue weighted by molar-refractivity contribution is 9.09. The van der Waals surface area contributed by atoms with Crippen molar-refractivity contribution < 1.29 is 4.79 Å². The van der Waals surface area contributed by atoms with Crippen molar-refractivity contribution in [2.75, 3.05) is 6.54 Å². The molecule has 0 aromatic carbocycles. The highest BCUT2D eigenvalue weighted by atomic mass is 79.9. The third kappa shape index (κ3) is 2.30. The number of hydrogen-bond acceptors (Lipinski definition) is 1. The average molecular weight is 260 g/mol. The maximum absolute atomic E-state index is 11.6. The first-order valence-corrected chi connectivity index (χ1v) is 6.34. The van der Waals surface area contributed by atoms with E-state index in [0.29, 0.717) is 4.83 Å². The van der Waals surface area contributed by atoms with Gasteiger partial charge in [-0.15, -0.1) is 0 Å². The van der Waals surface area contributed by atoms with E-state index >= 15 is 0 Å². The summed E-state index contributed by atoms with van der Waals surface area (Å²) in [5.41, 5.74) is 0.255. The molecule has 2 nitrogen and oxygen atoms in total. The molecule has 0 heterocycles. The van der Waals surface area contributed by atoms with Crippen molar-refractivity contribution in [1.82, 2.24) is 5.32 Å². The maximum Gasteiger partial charge on any atom is 0.223 e. The Morgan fingerprint density at radius 2 is 2.14 bits per heavy atom. The monoisotopic (exact) mass is 259 g/mol. The standard InChI is InChI=1S/C11H18BrNO/c1-11(2)5-8(11)10(14)13-6-9(12)7-3-4-7/h7-9H,3-6H2,1-2H3,(H,13,14). The van der Waals surface area contributed by atoms with Crippen molar-refractivity contribution in [3.63, 3.8) is 0 Å². The zero-order valence-corrected chi connectivity index (χ0v) is 10.4. The number of halogens is 1. The van der Waals surface area contributed by atoms with E-state index in [1.807, 2.05) is 0 Å². The van der Waals surface area contributed by atoms with Gasteiger partial charge in [-0.1, -0.05) is 29.8 Å². The minimum atomic E-state index is 0.250. The second kappa shape index (κ2) is 3.51. The van der Waals surface area contributed by atoms with E-state index in [1.54, 1.807) is 0 Å². The zero-order valence-electron chi connectivity index (χ0n) is 8.85. The van der Waals surface area contributed by atoms with Gasteiger partial charge in [0.25, 0.3) is 0 Å². The summed E-state index contributed by atoms with van der Waals surface area (Å²) >= 11 is 3.62. The fraction of sp³-hybridized carbons (Fsp3) is 0.909. The van der Waals surface area contributed by atoms with Crippen LogP contribution in [0.15, 0.2) is 0 Å². The molecule has 0 bridgehead atoms. The summed E-state index contributed by atoms with van der Waals surface area (Å²) in [6.07, 6.45) is 3.69. The number of carbonyl (C=O) groups excluding carboxylic acids is 1. The molecule has 3 heteroatoms. The number of rotatable bonds is 4. The minimum absolute atomic E-state index is 0.250. The van der Waals surface area contributed by atoms with Crippen molar-refractivity contribution in [2.45, 2.75) is 37.9 Å². The van der Waals surface area contributed by atoms with E-state index in [0.717, 1.165) is 18.9 Å². The van der Waals surface area contributed by atoms with Gasteiger partial charge in [-0.05, 0) is 30.6 Å². The quantitative estimate of drug-likeness (QED) is 0.772. The first-order chi connectivity index (χ1) is 6.50. The number of nitrogens with one attached hydrogen (secondary N) is 1. The normalized spacial score (nSPS) is 30.9.